The van der Waals surface area contributed by atoms with Crippen LogP contribution in [0, 0.1) is 17.1 Å². The fraction of sp³-hybridized carbons (Fsp3) is 0.314. The summed E-state index contributed by atoms with van der Waals surface area (Å²) < 4.78 is 85.3. The Balaban J connectivity index is 1.46. The van der Waals surface area contributed by atoms with E-state index in [9.17, 15) is 42.2 Å². The summed E-state index contributed by atoms with van der Waals surface area (Å²) in [5, 5.41) is 22.3. The number of aliphatic carboxylic acids is 1. The maximum Gasteiger partial charge on any atom is 0.417 e. The number of hydrogen-bond acceptors (Lipinski definition) is 10. The van der Waals surface area contributed by atoms with Crippen LogP contribution < -0.4 is 24.7 Å². The first-order valence-corrected chi connectivity index (χ1v) is 18.5. The molecule has 0 spiro atoms. The van der Waals surface area contributed by atoms with Crippen LogP contribution >= 0.6 is 19.7 Å². The number of hydrogen-bond donors (Lipinski definition) is 3. The van der Waals surface area contributed by atoms with E-state index >= 15 is 4.39 Å². The van der Waals surface area contributed by atoms with E-state index in [1.54, 1.807) is 13.8 Å². The number of nitrogens with one attached hydrogen (secondary N) is 2. The first-order chi connectivity index (χ1) is 25.8. The Kier molecular flexibility index (Phi) is 13.0. The Morgan fingerprint density at radius 3 is 2.24 bits per heavy atom. The van der Waals surface area contributed by atoms with E-state index in [2.05, 4.69) is 5.09 Å². The van der Waals surface area contributed by atoms with Crippen molar-refractivity contribution in [1.82, 2.24) is 10.4 Å². The summed E-state index contributed by atoms with van der Waals surface area (Å²) in [5.74, 6) is -4.15. The molecular weight excluding hydrogens is 773 g/mol. The summed E-state index contributed by atoms with van der Waals surface area (Å²) in [7, 11) is -2.52. The molecule has 0 aromatic heterocycles. The molecule has 2 atom stereocenters. The third-order valence-corrected chi connectivity index (χ3v) is 10.8. The average molecular weight is 808 g/mol. The summed E-state index contributed by atoms with van der Waals surface area (Å²) in [6.07, 6.45) is -6.36. The molecule has 0 radical (unpaired) electrons. The number of carbonyl (C=O) groups excluding carboxylic acids is 3. The van der Waals surface area contributed by atoms with E-state index in [0.717, 1.165) is 29.2 Å². The zero-order valence-corrected chi connectivity index (χ0v) is 31.3. The molecule has 0 bridgehead atoms. The third kappa shape index (κ3) is 9.11. The van der Waals surface area contributed by atoms with Crippen LogP contribution in [-0.2, 0) is 36.4 Å². The molecular formula is C35H34F4N5O9PS. The molecule has 1 aliphatic heterocycles. The van der Waals surface area contributed by atoms with Crippen LogP contribution in [0.2, 0.25) is 0 Å². The number of ether oxygens (including phenoxy) is 2. The number of amides is 3. The van der Waals surface area contributed by atoms with Gasteiger partial charge < -0.3 is 24.0 Å². The van der Waals surface area contributed by atoms with Crippen molar-refractivity contribution in [3.05, 3.63) is 88.7 Å². The number of rotatable bonds is 14. The van der Waals surface area contributed by atoms with Crippen molar-refractivity contribution < 1.29 is 60.4 Å². The van der Waals surface area contributed by atoms with Gasteiger partial charge in [-0.1, -0.05) is 26.0 Å². The molecule has 1 saturated heterocycles. The fourth-order valence-electron chi connectivity index (χ4n) is 5.73. The topological polar surface area (TPSA) is 188 Å². The molecule has 1 aliphatic rings. The van der Waals surface area contributed by atoms with Gasteiger partial charge in [0.15, 0.2) is 5.11 Å². The molecule has 0 aliphatic carbocycles. The van der Waals surface area contributed by atoms with Crippen molar-refractivity contribution in [1.29, 1.82) is 5.26 Å². The molecule has 1 unspecified atom stereocenters. The lowest BCUT2D eigenvalue weighted by atomic mass is 9.90. The zero-order chi connectivity index (χ0) is 40.9. The van der Waals surface area contributed by atoms with Crippen molar-refractivity contribution >= 4 is 60.1 Å². The van der Waals surface area contributed by atoms with Gasteiger partial charge in [-0.3, -0.25) is 29.2 Å². The molecule has 1 heterocycles. The standard InChI is InChI=1S/C35H34F4N5O9PS/c1-5-34(6-2)31(48)43(23-10-9-22(17-40)27(15-23)35(37,38)39)33(55)44(34)24-11-14-26(28(36)16-24)29(45)41-32(49)52-18-21-7-12-25(13-8-21)53-54(50,19-51-4)42-20(3)30(46)47/h7-16,20H,5-6,18-19H2,1-4H3,(H,42,50)(H,46,47)(H,41,45,49)/t20-,54?/m0/s1. The van der Waals surface area contributed by atoms with Gasteiger partial charge in [0.2, 0.25) is 0 Å². The lowest BCUT2D eigenvalue weighted by Gasteiger charge is -2.34. The van der Waals surface area contributed by atoms with Crippen LogP contribution in [0.3, 0.4) is 0 Å². The zero-order valence-electron chi connectivity index (χ0n) is 29.6. The molecule has 1 fully saturated rings. The van der Waals surface area contributed by atoms with E-state index in [-0.39, 0.29) is 41.7 Å². The van der Waals surface area contributed by atoms with E-state index in [4.69, 9.17) is 31.3 Å². The number of thiocarbonyl (C=S) groups is 1. The highest BCUT2D eigenvalue weighted by molar-refractivity contribution is 7.81. The molecule has 4 rings (SSSR count). The number of halogens is 4. The number of nitriles is 1. The van der Waals surface area contributed by atoms with Gasteiger partial charge >= 0.3 is 25.8 Å². The van der Waals surface area contributed by atoms with Crippen LogP contribution in [-0.4, -0.2) is 59.1 Å². The number of methoxy groups -OCH3 is 1. The summed E-state index contributed by atoms with van der Waals surface area (Å²) >= 11 is 5.58. The minimum Gasteiger partial charge on any atom is -0.480 e. The third-order valence-electron chi connectivity index (χ3n) is 8.55. The molecule has 3 N–H and O–H groups in total. The maximum atomic E-state index is 15.5. The van der Waals surface area contributed by atoms with Crippen molar-refractivity contribution in [3.63, 3.8) is 0 Å². The molecule has 3 aromatic rings. The first kappa shape index (κ1) is 42.3. The number of carboxylic acids is 1. The highest BCUT2D eigenvalue weighted by Crippen LogP contribution is 2.44. The number of nitrogens with zero attached hydrogens (tertiary/aromatic N) is 3. The average Bonchev–Trinajstić information content (AvgIpc) is 3.35. The van der Waals surface area contributed by atoms with Gasteiger partial charge in [0.25, 0.3) is 11.8 Å². The maximum absolute atomic E-state index is 15.5. The minimum absolute atomic E-state index is 0.00375. The molecule has 292 valence electrons. The molecule has 55 heavy (non-hydrogen) atoms. The van der Waals surface area contributed by atoms with Crippen molar-refractivity contribution in [2.24, 2.45) is 0 Å². The second kappa shape index (κ2) is 16.9. The lowest BCUT2D eigenvalue weighted by Crippen LogP contribution is -2.49. The predicted molar refractivity (Wildman–Crippen MR) is 193 cm³/mol. The minimum atomic E-state index is -4.91. The SMILES string of the molecule is CCC1(CC)C(=O)N(c2ccc(C#N)c(C(F)(F)F)c2)C(=S)N1c1ccc(C(=O)NC(=O)OCc2ccc(OP(=O)(COC)N[C@@H](C)C(=O)O)cc2)c(F)c1. The number of imide groups is 1. The van der Waals surface area contributed by atoms with Gasteiger partial charge in [-0.25, -0.2) is 14.3 Å². The second-order valence-corrected chi connectivity index (χ2v) is 14.5. The van der Waals surface area contributed by atoms with E-state index in [1.807, 2.05) is 5.32 Å². The highest BCUT2D eigenvalue weighted by atomic mass is 32.1. The van der Waals surface area contributed by atoms with Crippen LogP contribution in [0.4, 0.5) is 33.7 Å². The molecule has 3 aromatic carbocycles. The Bertz CT molecular complexity index is 2090. The highest BCUT2D eigenvalue weighted by Gasteiger charge is 2.54. The van der Waals surface area contributed by atoms with Gasteiger partial charge in [-0.2, -0.15) is 18.4 Å². The molecule has 14 nitrogen and oxygen atoms in total. The summed E-state index contributed by atoms with van der Waals surface area (Å²) in [4.78, 5) is 52.6. The van der Waals surface area contributed by atoms with Crippen LogP contribution in [0.25, 0.3) is 0 Å². The molecule has 3 amide bonds. The predicted octanol–water partition coefficient (Wildman–Crippen LogP) is 6.72. The normalized spacial score (nSPS) is 15.5. The molecule has 0 saturated carbocycles. The first-order valence-electron chi connectivity index (χ1n) is 16.3. The second-order valence-electron chi connectivity index (χ2n) is 12.0. The summed E-state index contributed by atoms with van der Waals surface area (Å²) in [5.41, 5.74) is -3.80. The van der Waals surface area contributed by atoms with E-state index in [0.29, 0.717) is 11.6 Å². The monoisotopic (exact) mass is 807 g/mol. The largest absolute Gasteiger partial charge is 0.480 e. The lowest BCUT2D eigenvalue weighted by molar-refractivity contribution is -0.139. The van der Waals surface area contributed by atoms with E-state index < -0.39 is 78.0 Å². The Labute approximate surface area is 317 Å². The Morgan fingerprint density at radius 1 is 1.05 bits per heavy atom. The van der Waals surface area contributed by atoms with Crippen molar-refractivity contribution in [2.75, 3.05) is 23.3 Å². The van der Waals surface area contributed by atoms with Crippen LogP contribution in [0.1, 0.15) is 60.7 Å². The number of carboxylic acid groups (broad SMARTS) is 1. The number of anilines is 2. The van der Waals surface area contributed by atoms with Gasteiger partial charge in [-0.05, 0) is 86.1 Å². The van der Waals surface area contributed by atoms with Gasteiger partial charge in [0.05, 0.1) is 28.4 Å². The fourth-order valence-corrected chi connectivity index (χ4v) is 7.88. The number of carbonyl (C=O) groups is 4. The number of alkyl carbamates (subject to hydrolysis) is 1. The Hall–Kier alpha value is -5.41. The van der Waals surface area contributed by atoms with Gasteiger partial charge in [0.1, 0.15) is 36.1 Å². The summed E-state index contributed by atoms with van der Waals surface area (Å²) in [6, 6.07) is 11.8. The van der Waals surface area contributed by atoms with Crippen LogP contribution in [0.5, 0.6) is 5.75 Å². The Morgan fingerprint density at radius 2 is 1.69 bits per heavy atom. The number of benzene rings is 3. The van der Waals surface area contributed by atoms with Crippen molar-refractivity contribution in [2.45, 2.75) is 58.0 Å². The van der Waals surface area contributed by atoms with Gasteiger partial charge in [0, 0.05) is 12.8 Å². The smallest absolute Gasteiger partial charge is 0.417 e. The quantitative estimate of drug-likeness (QED) is 0.0886. The summed E-state index contributed by atoms with van der Waals surface area (Å²) in [6.45, 7) is 4.22. The van der Waals surface area contributed by atoms with Crippen molar-refractivity contribution in [3.8, 4) is 11.8 Å². The van der Waals surface area contributed by atoms with Gasteiger partial charge in [-0.15, -0.1) is 0 Å². The number of alkyl halides is 3. The van der Waals surface area contributed by atoms with Crippen LogP contribution in [0.15, 0.2) is 60.7 Å². The molecule has 20 heteroatoms. The van der Waals surface area contributed by atoms with E-state index in [1.165, 1.54) is 55.3 Å².